The minimum absolute atomic E-state index is 0.0611. The molecule has 0 radical (unpaired) electrons. The smallest absolute Gasteiger partial charge is 0.206 e. The molecule has 0 unspecified atom stereocenters. The summed E-state index contributed by atoms with van der Waals surface area (Å²) in [6.07, 6.45) is 0. The second kappa shape index (κ2) is 5.26. The molecule has 0 saturated heterocycles. The Morgan fingerprint density at radius 2 is 2.00 bits per heavy atom. The quantitative estimate of drug-likeness (QED) is 0.800. The fourth-order valence-electron chi connectivity index (χ4n) is 1.47. The van der Waals surface area contributed by atoms with E-state index in [1.54, 1.807) is 18.5 Å². The van der Waals surface area contributed by atoms with E-state index in [1.165, 1.54) is 15.6 Å². The topological polar surface area (TPSA) is 37.4 Å². The van der Waals surface area contributed by atoms with Crippen molar-refractivity contribution in [3.63, 3.8) is 0 Å². The molecule has 17 heavy (non-hydrogen) atoms. The highest BCUT2D eigenvalue weighted by molar-refractivity contribution is 7.91. The Balaban J connectivity index is 2.95. The van der Waals surface area contributed by atoms with Crippen molar-refractivity contribution >= 4 is 33.0 Å². The lowest BCUT2D eigenvalue weighted by molar-refractivity contribution is 0.311. The maximum Gasteiger partial charge on any atom is 0.252 e. The molecule has 6 heteroatoms. The van der Waals surface area contributed by atoms with Crippen molar-refractivity contribution in [2.24, 2.45) is 5.41 Å². The number of thiophene rings is 1. The summed E-state index contributed by atoms with van der Waals surface area (Å²) in [5, 5.41) is 1.78. The summed E-state index contributed by atoms with van der Waals surface area (Å²) in [5.74, 6) is 0.342. The summed E-state index contributed by atoms with van der Waals surface area (Å²) >= 11 is 6.90. The van der Waals surface area contributed by atoms with E-state index in [0.29, 0.717) is 16.6 Å². The van der Waals surface area contributed by atoms with Crippen molar-refractivity contribution in [1.82, 2.24) is 4.31 Å². The van der Waals surface area contributed by atoms with Crippen molar-refractivity contribution in [3.8, 4) is 0 Å². The van der Waals surface area contributed by atoms with Gasteiger partial charge in [0.15, 0.2) is 0 Å². The summed E-state index contributed by atoms with van der Waals surface area (Å²) in [6.45, 7) is 6.52. The van der Waals surface area contributed by atoms with Gasteiger partial charge in [-0.25, -0.2) is 8.42 Å². The van der Waals surface area contributed by atoms with Gasteiger partial charge in [-0.1, -0.05) is 20.8 Å². The average Bonchev–Trinajstić information content (AvgIpc) is 2.63. The first-order valence-corrected chi connectivity index (χ1v) is 8.12. The van der Waals surface area contributed by atoms with Crippen LogP contribution in [0.1, 0.15) is 26.3 Å². The fourth-order valence-corrected chi connectivity index (χ4v) is 4.53. The zero-order valence-electron chi connectivity index (χ0n) is 10.5. The maximum atomic E-state index is 12.2. The fraction of sp³-hybridized carbons (Fsp3) is 0.636. The predicted octanol–water partition coefficient (Wildman–Crippen LogP) is 3.15. The van der Waals surface area contributed by atoms with Gasteiger partial charge >= 0.3 is 0 Å². The van der Waals surface area contributed by atoms with Gasteiger partial charge in [0.05, 0.1) is 0 Å². The lowest BCUT2D eigenvalue weighted by Gasteiger charge is -2.25. The van der Waals surface area contributed by atoms with E-state index in [2.05, 4.69) is 0 Å². The highest BCUT2D eigenvalue weighted by atomic mass is 35.5. The number of rotatable bonds is 4. The first kappa shape index (κ1) is 15.0. The molecule has 0 atom stereocenters. The molecule has 0 fully saturated rings. The second-order valence-electron chi connectivity index (χ2n) is 5.23. The van der Waals surface area contributed by atoms with Gasteiger partial charge in [0, 0.05) is 19.5 Å². The molecule has 0 aromatic carbocycles. The van der Waals surface area contributed by atoms with Crippen molar-refractivity contribution in [3.05, 3.63) is 17.0 Å². The number of nitrogens with zero attached hydrogens (tertiary/aromatic N) is 1. The second-order valence-corrected chi connectivity index (χ2v) is 8.68. The Morgan fingerprint density at radius 3 is 2.41 bits per heavy atom. The molecule has 0 bridgehead atoms. The molecule has 0 N–H and O–H groups in total. The van der Waals surface area contributed by atoms with Gasteiger partial charge in [0.1, 0.15) is 4.21 Å². The summed E-state index contributed by atoms with van der Waals surface area (Å²) in [7, 11) is -1.76. The van der Waals surface area contributed by atoms with Crippen LogP contribution in [-0.2, 0) is 15.9 Å². The standard InChI is InChI=1S/C11H18ClNO2S2/c1-11(2,3)8-13(4)17(14,15)10-5-9(6-12)7-16-10/h5,7H,6,8H2,1-4H3. The van der Waals surface area contributed by atoms with Crippen LogP contribution in [-0.4, -0.2) is 26.3 Å². The van der Waals surface area contributed by atoms with E-state index in [1.807, 2.05) is 20.8 Å². The van der Waals surface area contributed by atoms with Crippen LogP contribution in [0.5, 0.6) is 0 Å². The van der Waals surface area contributed by atoms with Crippen LogP contribution in [0.2, 0.25) is 0 Å². The summed E-state index contributed by atoms with van der Waals surface area (Å²) in [4.78, 5) is 0. The van der Waals surface area contributed by atoms with Gasteiger partial charge in [-0.3, -0.25) is 0 Å². The van der Waals surface area contributed by atoms with Gasteiger partial charge in [-0.2, -0.15) is 4.31 Å². The van der Waals surface area contributed by atoms with Gasteiger partial charge in [0.25, 0.3) is 10.0 Å². The minimum atomic E-state index is -3.37. The molecule has 3 nitrogen and oxygen atoms in total. The Morgan fingerprint density at radius 1 is 1.41 bits per heavy atom. The van der Waals surface area contributed by atoms with Crippen LogP contribution in [0.15, 0.2) is 15.7 Å². The Bertz CT molecular complexity index is 474. The van der Waals surface area contributed by atoms with Crippen LogP contribution in [0, 0.1) is 5.41 Å². The third-order valence-corrected chi connectivity index (χ3v) is 5.72. The van der Waals surface area contributed by atoms with Gasteiger partial charge in [-0.15, -0.1) is 22.9 Å². The Kier molecular flexibility index (Phi) is 4.63. The average molecular weight is 296 g/mol. The number of hydrogen-bond donors (Lipinski definition) is 0. The van der Waals surface area contributed by atoms with E-state index in [9.17, 15) is 8.42 Å². The molecule has 0 aliphatic heterocycles. The number of hydrogen-bond acceptors (Lipinski definition) is 3. The molecule has 0 spiro atoms. The van der Waals surface area contributed by atoms with E-state index in [4.69, 9.17) is 11.6 Å². The van der Waals surface area contributed by atoms with E-state index in [0.717, 1.165) is 5.56 Å². The molecule has 1 aromatic rings. The lowest BCUT2D eigenvalue weighted by atomic mass is 9.97. The van der Waals surface area contributed by atoms with Crippen molar-refractivity contribution in [2.75, 3.05) is 13.6 Å². The normalized spacial score (nSPS) is 13.3. The van der Waals surface area contributed by atoms with E-state index < -0.39 is 10.0 Å². The number of alkyl halides is 1. The van der Waals surface area contributed by atoms with E-state index in [-0.39, 0.29) is 5.41 Å². The number of halogens is 1. The summed E-state index contributed by atoms with van der Waals surface area (Å²) in [5.41, 5.74) is 0.786. The van der Waals surface area contributed by atoms with Gasteiger partial charge < -0.3 is 0 Å². The lowest BCUT2D eigenvalue weighted by Crippen LogP contribution is -2.34. The summed E-state index contributed by atoms with van der Waals surface area (Å²) < 4.78 is 26.2. The zero-order valence-corrected chi connectivity index (χ0v) is 12.9. The first-order valence-electron chi connectivity index (χ1n) is 5.26. The third-order valence-electron chi connectivity index (χ3n) is 2.15. The largest absolute Gasteiger partial charge is 0.252 e. The van der Waals surface area contributed by atoms with Crippen LogP contribution in [0.3, 0.4) is 0 Å². The molecule has 0 amide bonds. The molecule has 1 rings (SSSR count). The molecule has 1 heterocycles. The Labute approximate surface area is 112 Å². The molecule has 98 valence electrons. The minimum Gasteiger partial charge on any atom is -0.206 e. The number of sulfonamides is 1. The molecule has 1 aromatic heterocycles. The van der Waals surface area contributed by atoms with Gasteiger partial charge in [-0.05, 0) is 22.4 Å². The van der Waals surface area contributed by atoms with Gasteiger partial charge in [0.2, 0.25) is 0 Å². The van der Waals surface area contributed by atoms with Crippen LogP contribution >= 0.6 is 22.9 Å². The Hall–Kier alpha value is -0.100. The van der Waals surface area contributed by atoms with Crippen molar-refractivity contribution in [2.45, 2.75) is 30.9 Å². The zero-order chi connectivity index (χ0) is 13.3. The van der Waals surface area contributed by atoms with Crippen LogP contribution in [0.25, 0.3) is 0 Å². The van der Waals surface area contributed by atoms with Crippen LogP contribution < -0.4 is 0 Å². The molecule has 0 aliphatic carbocycles. The molecule has 0 saturated carbocycles. The van der Waals surface area contributed by atoms with Crippen molar-refractivity contribution in [1.29, 1.82) is 0 Å². The predicted molar refractivity (Wildman–Crippen MR) is 73.1 cm³/mol. The highest BCUT2D eigenvalue weighted by Gasteiger charge is 2.26. The first-order chi connectivity index (χ1) is 7.66. The van der Waals surface area contributed by atoms with Crippen molar-refractivity contribution < 1.29 is 8.42 Å². The maximum absolute atomic E-state index is 12.2. The third kappa shape index (κ3) is 3.95. The molecule has 0 aliphatic rings. The monoisotopic (exact) mass is 295 g/mol. The summed E-state index contributed by atoms with van der Waals surface area (Å²) in [6, 6.07) is 1.64. The molecular formula is C11H18ClNO2S2. The highest BCUT2D eigenvalue weighted by Crippen LogP contribution is 2.26. The SMILES string of the molecule is CN(CC(C)(C)C)S(=O)(=O)c1cc(CCl)cs1. The van der Waals surface area contributed by atoms with Crippen LogP contribution in [0.4, 0.5) is 0 Å². The molecular weight excluding hydrogens is 278 g/mol. The van der Waals surface area contributed by atoms with E-state index >= 15 is 0 Å².